The van der Waals surface area contributed by atoms with E-state index in [-0.39, 0.29) is 11.6 Å². The largest absolute Gasteiger partial charge is 0.372 e. The van der Waals surface area contributed by atoms with Gasteiger partial charge < -0.3 is 4.74 Å². The standard InChI is InChI=1S/C12H12N2O3/c13-8-9-4-3-7-17-12(9)10-5-1-2-6-11(10)14(15)16/h1-2,5-6,9,12H,3-4,7H2. The van der Waals surface area contributed by atoms with Crippen LogP contribution in [0.2, 0.25) is 0 Å². The lowest BCUT2D eigenvalue weighted by Gasteiger charge is -2.27. The van der Waals surface area contributed by atoms with E-state index >= 15 is 0 Å². The third-order valence-corrected chi connectivity index (χ3v) is 2.93. The van der Waals surface area contributed by atoms with Crippen molar-refractivity contribution in [2.24, 2.45) is 5.92 Å². The van der Waals surface area contributed by atoms with Crippen molar-refractivity contribution in [2.75, 3.05) is 6.61 Å². The SMILES string of the molecule is N#CC1CCCOC1c1ccccc1[N+](=O)[O-]. The van der Waals surface area contributed by atoms with Crippen LogP contribution < -0.4 is 0 Å². The normalized spacial score (nSPS) is 23.9. The molecule has 1 fully saturated rings. The number of nitrogens with zero attached hydrogens (tertiary/aromatic N) is 2. The summed E-state index contributed by atoms with van der Waals surface area (Å²) in [5.41, 5.74) is 0.531. The van der Waals surface area contributed by atoms with Crippen molar-refractivity contribution < 1.29 is 9.66 Å². The average Bonchev–Trinajstić information content (AvgIpc) is 2.38. The molecule has 1 aromatic rings. The minimum atomic E-state index is -0.477. The number of benzene rings is 1. The van der Waals surface area contributed by atoms with Crippen LogP contribution in [0.4, 0.5) is 5.69 Å². The maximum absolute atomic E-state index is 10.9. The molecule has 1 heterocycles. The molecule has 5 nitrogen and oxygen atoms in total. The molecule has 2 unspecified atom stereocenters. The van der Waals surface area contributed by atoms with Gasteiger partial charge in [-0.25, -0.2) is 0 Å². The van der Waals surface area contributed by atoms with Crippen molar-refractivity contribution in [3.05, 3.63) is 39.9 Å². The smallest absolute Gasteiger partial charge is 0.275 e. The number of ether oxygens (including phenoxy) is 1. The molecular formula is C12H12N2O3. The number of para-hydroxylation sites is 1. The number of nitriles is 1. The summed E-state index contributed by atoms with van der Waals surface area (Å²) in [7, 11) is 0. The predicted octanol–water partition coefficient (Wildman–Crippen LogP) is 2.59. The van der Waals surface area contributed by atoms with E-state index in [4.69, 9.17) is 10.00 Å². The zero-order chi connectivity index (χ0) is 12.3. The van der Waals surface area contributed by atoms with Gasteiger partial charge in [-0.2, -0.15) is 5.26 Å². The fourth-order valence-corrected chi connectivity index (χ4v) is 2.11. The Bertz CT molecular complexity index is 467. The molecule has 17 heavy (non-hydrogen) atoms. The highest BCUT2D eigenvalue weighted by atomic mass is 16.6. The van der Waals surface area contributed by atoms with Crippen LogP contribution in [0.5, 0.6) is 0 Å². The Labute approximate surface area is 98.8 Å². The van der Waals surface area contributed by atoms with Gasteiger partial charge in [0, 0.05) is 12.7 Å². The van der Waals surface area contributed by atoms with E-state index in [0.717, 1.165) is 12.8 Å². The fraction of sp³-hybridized carbons (Fsp3) is 0.417. The topological polar surface area (TPSA) is 76.2 Å². The Morgan fingerprint density at radius 2 is 2.24 bits per heavy atom. The molecule has 0 amide bonds. The lowest BCUT2D eigenvalue weighted by atomic mass is 9.90. The molecule has 0 N–H and O–H groups in total. The van der Waals surface area contributed by atoms with Gasteiger partial charge in [0.1, 0.15) is 6.10 Å². The van der Waals surface area contributed by atoms with E-state index in [1.165, 1.54) is 6.07 Å². The molecule has 1 saturated heterocycles. The third kappa shape index (κ3) is 2.27. The molecule has 0 saturated carbocycles. The summed E-state index contributed by atoms with van der Waals surface area (Å²) >= 11 is 0. The van der Waals surface area contributed by atoms with Crippen molar-refractivity contribution in [3.63, 3.8) is 0 Å². The first-order valence-corrected chi connectivity index (χ1v) is 5.48. The van der Waals surface area contributed by atoms with Crippen LogP contribution in [-0.4, -0.2) is 11.5 Å². The highest BCUT2D eigenvalue weighted by Gasteiger charge is 2.32. The molecule has 88 valence electrons. The molecule has 0 aliphatic carbocycles. The summed E-state index contributed by atoms with van der Waals surface area (Å²) in [6.45, 7) is 0.550. The number of nitro groups is 1. The monoisotopic (exact) mass is 232 g/mol. The molecule has 0 radical (unpaired) electrons. The molecule has 0 bridgehead atoms. The van der Waals surface area contributed by atoms with Crippen LogP contribution in [0, 0.1) is 27.4 Å². The molecule has 0 spiro atoms. The lowest BCUT2D eigenvalue weighted by Crippen LogP contribution is -2.22. The Morgan fingerprint density at radius 3 is 2.94 bits per heavy atom. The van der Waals surface area contributed by atoms with E-state index in [2.05, 4.69) is 6.07 Å². The Kier molecular flexibility index (Phi) is 3.35. The number of nitro benzene ring substituents is 1. The van der Waals surface area contributed by atoms with E-state index in [1.807, 2.05) is 0 Å². The summed E-state index contributed by atoms with van der Waals surface area (Å²) in [6, 6.07) is 8.63. The van der Waals surface area contributed by atoms with Gasteiger partial charge in [0.15, 0.2) is 0 Å². The fourth-order valence-electron chi connectivity index (χ4n) is 2.11. The van der Waals surface area contributed by atoms with E-state index in [0.29, 0.717) is 12.2 Å². The van der Waals surface area contributed by atoms with Gasteiger partial charge in [0.2, 0.25) is 0 Å². The van der Waals surface area contributed by atoms with Gasteiger partial charge >= 0.3 is 0 Å². The molecule has 5 heteroatoms. The van der Waals surface area contributed by atoms with Crippen LogP contribution >= 0.6 is 0 Å². The molecule has 2 atom stereocenters. The van der Waals surface area contributed by atoms with Crippen molar-refractivity contribution in [2.45, 2.75) is 18.9 Å². The lowest BCUT2D eigenvalue weighted by molar-refractivity contribution is -0.386. The molecule has 1 aliphatic heterocycles. The van der Waals surface area contributed by atoms with Crippen molar-refractivity contribution >= 4 is 5.69 Å². The second-order valence-electron chi connectivity index (χ2n) is 3.99. The average molecular weight is 232 g/mol. The van der Waals surface area contributed by atoms with Gasteiger partial charge in [0.25, 0.3) is 5.69 Å². The zero-order valence-electron chi connectivity index (χ0n) is 9.20. The summed E-state index contributed by atoms with van der Waals surface area (Å²) < 4.78 is 5.53. The second kappa shape index (κ2) is 4.93. The third-order valence-electron chi connectivity index (χ3n) is 2.93. The van der Waals surface area contributed by atoms with Crippen LogP contribution in [0.1, 0.15) is 24.5 Å². The Morgan fingerprint density at radius 1 is 1.47 bits per heavy atom. The minimum Gasteiger partial charge on any atom is -0.372 e. The molecule has 0 aromatic heterocycles. The number of rotatable bonds is 2. The van der Waals surface area contributed by atoms with Gasteiger partial charge in [-0.3, -0.25) is 10.1 Å². The first-order chi connectivity index (χ1) is 8.24. The minimum absolute atomic E-state index is 0.0275. The first-order valence-electron chi connectivity index (χ1n) is 5.48. The van der Waals surface area contributed by atoms with Crippen LogP contribution in [0.3, 0.4) is 0 Å². The van der Waals surface area contributed by atoms with Gasteiger partial charge in [-0.15, -0.1) is 0 Å². The molecule has 2 rings (SSSR count). The first kappa shape index (κ1) is 11.6. The highest BCUT2D eigenvalue weighted by molar-refractivity contribution is 5.42. The zero-order valence-corrected chi connectivity index (χ0v) is 9.20. The second-order valence-corrected chi connectivity index (χ2v) is 3.99. The van der Waals surface area contributed by atoms with E-state index < -0.39 is 11.0 Å². The summed E-state index contributed by atoms with van der Waals surface area (Å²) in [5, 5.41) is 20.0. The van der Waals surface area contributed by atoms with Crippen LogP contribution in [-0.2, 0) is 4.74 Å². The molecule has 1 aromatic carbocycles. The summed E-state index contributed by atoms with van der Waals surface area (Å²) in [6.07, 6.45) is 1.08. The van der Waals surface area contributed by atoms with Gasteiger partial charge in [0.05, 0.1) is 22.5 Å². The Hall–Kier alpha value is -1.93. The predicted molar refractivity (Wildman–Crippen MR) is 60.1 cm³/mol. The van der Waals surface area contributed by atoms with Gasteiger partial charge in [-0.05, 0) is 18.9 Å². The maximum Gasteiger partial charge on any atom is 0.275 e. The van der Waals surface area contributed by atoms with E-state index in [1.54, 1.807) is 18.2 Å². The highest BCUT2D eigenvalue weighted by Crippen LogP contribution is 2.37. The number of hydrogen-bond donors (Lipinski definition) is 0. The summed E-state index contributed by atoms with van der Waals surface area (Å²) in [5.74, 6) is -0.301. The summed E-state index contributed by atoms with van der Waals surface area (Å²) in [4.78, 5) is 10.5. The maximum atomic E-state index is 10.9. The van der Waals surface area contributed by atoms with E-state index in [9.17, 15) is 10.1 Å². The quantitative estimate of drug-likeness (QED) is 0.580. The molecule has 1 aliphatic rings. The number of hydrogen-bond acceptors (Lipinski definition) is 4. The van der Waals surface area contributed by atoms with Crippen LogP contribution in [0.15, 0.2) is 24.3 Å². The van der Waals surface area contributed by atoms with Crippen molar-refractivity contribution in [3.8, 4) is 6.07 Å². The molecular weight excluding hydrogens is 220 g/mol. The van der Waals surface area contributed by atoms with Gasteiger partial charge in [-0.1, -0.05) is 12.1 Å². The Balaban J connectivity index is 2.38. The van der Waals surface area contributed by atoms with Crippen molar-refractivity contribution in [1.82, 2.24) is 0 Å². The van der Waals surface area contributed by atoms with Crippen molar-refractivity contribution in [1.29, 1.82) is 5.26 Å². The van der Waals surface area contributed by atoms with Crippen LogP contribution in [0.25, 0.3) is 0 Å².